The zero-order valence-electron chi connectivity index (χ0n) is 9.97. The lowest BCUT2D eigenvalue weighted by Crippen LogP contribution is -2.32. The SMILES string of the molecule is COC(=O)C1CC(n2cnc3ccc(F)cc32)C1. The number of esters is 1. The molecule has 0 radical (unpaired) electrons. The van der Waals surface area contributed by atoms with E-state index in [0.29, 0.717) is 0 Å². The number of carbonyl (C=O) groups excluding carboxylic acids is 1. The van der Waals surface area contributed by atoms with E-state index in [1.54, 1.807) is 12.4 Å². The normalized spacial score (nSPS) is 22.8. The van der Waals surface area contributed by atoms with E-state index in [1.165, 1.54) is 19.2 Å². The quantitative estimate of drug-likeness (QED) is 0.766. The molecule has 1 saturated carbocycles. The van der Waals surface area contributed by atoms with E-state index < -0.39 is 0 Å². The van der Waals surface area contributed by atoms with Gasteiger partial charge in [0.1, 0.15) is 5.82 Å². The first-order valence-electron chi connectivity index (χ1n) is 5.89. The van der Waals surface area contributed by atoms with Crippen LogP contribution in [0.5, 0.6) is 0 Å². The molecule has 1 aliphatic rings. The molecule has 4 nitrogen and oxygen atoms in total. The summed E-state index contributed by atoms with van der Waals surface area (Å²) in [6.07, 6.45) is 3.17. The largest absolute Gasteiger partial charge is 0.469 e. The van der Waals surface area contributed by atoms with Crippen LogP contribution in [0.1, 0.15) is 18.9 Å². The molecule has 5 heteroatoms. The molecule has 0 amide bonds. The number of halogens is 1. The summed E-state index contributed by atoms with van der Waals surface area (Å²) >= 11 is 0. The van der Waals surface area contributed by atoms with Crippen molar-refractivity contribution in [1.82, 2.24) is 9.55 Å². The first-order chi connectivity index (χ1) is 8.69. The number of imidazole rings is 1. The first kappa shape index (κ1) is 11.2. The molecular formula is C13H13FN2O2. The second-order valence-electron chi connectivity index (χ2n) is 4.63. The average Bonchev–Trinajstić information content (AvgIpc) is 2.70. The number of methoxy groups -OCH3 is 1. The number of carbonyl (C=O) groups is 1. The third kappa shape index (κ3) is 1.66. The van der Waals surface area contributed by atoms with Gasteiger partial charge in [-0.1, -0.05) is 0 Å². The fraction of sp³-hybridized carbons (Fsp3) is 0.385. The molecule has 3 rings (SSSR count). The summed E-state index contributed by atoms with van der Waals surface area (Å²) in [4.78, 5) is 15.6. The molecule has 0 saturated heterocycles. The van der Waals surface area contributed by atoms with Crippen molar-refractivity contribution in [2.24, 2.45) is 5.92 Å². The molecule has 1 aliphatic carbocycles. The summed E-state index contributed by atoms with van der Waals surface area (Å²) in [5, 5.41) is 0. The summed E-state index contributed by atoms with van der Waals surface area (Å²) in [5.74, 6) is -0.471. The molecule has 0 spiro atoms. The van der Waals surface area contributed by atoms with Gasteiger partial charge in [-0.2, -0.15) is 0 Å². The number of rotatable bonds is 2. The van der Waals surface area contributed by atoms with Crippen molar-refractivity contribution in [2.75, 3.05) is 7.11 Å². The van der Waals surface area contributed by atoms with E-state index in [-0.39, 0.29) is 23.7 Å². The van der Waals surface area contributed by atoms with Crippen molar-refractivity contribution in [2.45, 2.75) is 18.9 Å². The van der Waals surface area contributed by atoms with E-state index in [1.807, 2.05) is 4.57 Å². The number of nitrogens with zero attached hydrogens (tertiary/aromatic N) is 2. The highest BCUT2D eigenvalue weighted by atomic mass is 19.1. The van der Waals surface area contributed by atoms with E-state index >= 15 is 0 Å². The van der Waals surface area contributed by atoms with E-state index in [4.69, 9.17) is 4.74 Å². The Morgan fingerprint density at radius 2 is 2.28 bits per heavy atom. The van der Waals surface area contributed by atoms with Gasteiger partial charge in [-0.3, -0.25) is 4.79 Å². The van der Waals surface area contributed by atoms with E-state index in [0.717, 1.165) is 23.9 Å². The van der Waals surface area contributed by atoms with Crippen LogP contribution in [-0.2, 0) is 9.53 Å². The average molecular weight is 248 g/mol. The van der Waals surface area contributed by atoms with Crippen LogP contribution >= 0.6 is 0 Å². The van der Waals surface area contributed by atoms with Crippen LogP contribution in [0.3, 0.4) is 0 Å². The predicted molar refractivity (Wildman–Crippen MR) is 63.5 cm³/mol. The maximum Gasteiger partial charge on any atom is 0.308 e. The second kappa shape index (κ2) is 4.08. The number of hydrogen-bond acceptors (Lipinski definition) is 3. The number of hydrogen-bond donors (Lipinski definition) is 0. The smallest absolute Gasteiger partial charge is 0.308 e. The Kier molecular flexibility index (Phi) is 2.54. The minimum Gasteiger partial charge on any atom is -0.469 e. The molecule has 0 N–H and O–H groups in total. The highest BCUT2D eigenvalue weighted by Gasteiger charge is 2.36. The van der Waals surface area contributed by atoms with Gasteiger partial charge in [-0.25, -0.2) is 9.37 Å². The summed E-state index contributed by atoms with van der Waals surface area (Å²) < 4.78 is 19.9. The van der Waals surface area contributed by atoms with Gasteiger partial charge in [0.15, 0.2) is 0 Å². The van der Waals surface area contributed by atoms with Gasteiger partial charge in [0, 0.05) is 6.04 Å². The molecule has 1 aromatic carbocycles. The molecule has 1 heterocycles. The van der Waals surface area contributed by atoms with Crippen molar-refractivity contribution in [1.29, 1.82) is 0 Å². The Morgan fingerprint density at radius 1 is 1.50 bits per heavy atom. The van der Waals surface area contributed by atoms with E-state index in [9.17, 15) is 9.18 Å². The fourth-order valence-corrected chi connectivity index (χ4v) is 2.46. The Morgan fingerprint density at radius 3 is 3.00 bits per heavy atom. The molecule has 1 fully saturated rings. The molecule has 0 aliphatic heterocycles. The van der Waals surface area contributed by atoms with Gasteiger partial charge in [-0.15, -0.1) is 0 Å². The second-order valence-corrected chi connectivity index (χ2v) is 4.63. The van der Waals surface area contributed by atoms with Crippen molar-refractivity contribution in [3.8, 4) is 0 Å². The Hall–Kier alpha value is -1.91. The lowest BCUT2D eigenvalue weighted by atomic mass is 9.80. The highest BCUT2D eigenvalue weighted by molar-refractivity contribution is 5.76. The van der Waals surface area contributed by atoms with Crippen LogP contribution in [0.25, 0.3) is 11.0 Å². The number of ether oxygens (including phenoxy) is 1. The van der Waals surface area contributed by atoms with Crippen LogP contribution in [0.2, 0.25) is 0 Å². The molecule has 0 unspecified atom stereocenters. The Bertz CT molecular complexity index is 602. The lowest BCUT2D eigenvalue weighted by Gasteiger charge is -2.34. The van der Waals surface area contributed by atoms with Gasteiger partial charge < -0.3 is 9.30 Å². The summed E-state index contributed by atoms with van der Waals surface area (Å²) in [5.41, 5.74) is 1.56. The lowest BCUT2D eigenvalue weighted by molar-refractivity contribution is -0.149. The van der Waals surface area contributed by atoms with Gasteiger partial charge in [-0.05, 0) is 31.0 Å². The molecular weight excluding hydrogens is 235 g/mol. The first-order valence-corrected chi connectivity index (χ1v) is 5.89. The summed E-state index contributed by atoms with van der Waals surface area (Å²) in [7, 11) is 1.40. The van der Waals surface area contributed by atoms with Gasteiger partial charge >= 0.3 is 5.97 Å². The summed E-state index contributed by atoms with van der Waals surface area (Å²) in [6.45, 7) is 0. The molecule has 2 aromatic rings. The number of aromatic nitrogens is 2. The van der Waals surface area contributed by atoms with Crippen LogP contribution in [0.15, 0.2) is 24.5 Å². The Labute approximate surface area is 103 Å². The van der Waals surface area contributed by atoms with Gasteiger partial charge in [0.25, 0.3) is 0 Å². The maximum atomic E-state index is 13.2. The number of fused-ring (bicyclic) bond motifs is 1. The van der Waals surface area contributed by atoms with Crippen LogP contribution < -0.4 is 0 Å². The number of benzene rings is 1. The predicted octanol–water partition coefficient (Wildman–Crippen LogP) is 2.30. The third-order valence-corrected chi connectivity index (χ3v) is 3.58. The third-order valence-electron chi connectivity index (χ3n) is 3.58. The zero-order chi connectivity index (χ0) is 12.7. The van der Waals surface area contributed by atoms with Gasteiger partial charge in [0.2, 0.25) is 0 Å². The molecule has 1 aromatic heterocycles. The Balaban J connectivity index is 1.84. The fourth-order valence-electron chi connectivity index (χ4n) is 2.46. The standard InChI is InChI=1S/C13H13FN2O2/c1-18-13(17)8-4-10(5-8)16-7-15-11-3-2-9(14)6-12(11)16/h2-3,6-8,10H,4-5H2,1H3. The zero-order valence-corrected chi connectivity index (χ0v) is 9.97. The van der Waals surface area contributed by atoms with E-state index in [2.05, 4.69) is 4.98 Å². The van der Waals surface area contributed by atoms with Crippen molar-refractivity contribution >= 4 is 17.0 Å². The summed E-state index contributed by atoms with van der Waals surface area (Å²) in [6, 6.07) is 4.75. The van der Waals surface area contributed by atoms with Crippen molar-refractivity contribution in [3.63, 3.8) is 0 Å². The van der Waals surface area contributed by atoms with Crippen LogP contribution in [0.4, 0.5) is 4.39 Å². The minimum absolute atomic E-state index is 0.0361. The van der Waals surface area contributed by atoms with Gasteiger partial charge in [0.05, 0.1) is 30.4 Å². The molecule has 0 atom stereocenters. The van der Waals surface area contributed by atoms with Crippen molar-refractivity contribution < 1.29 is 13.9 Å². The maximum absolute atomic E-state index is 13.2. The topological polar surface area (TPSA) is 44.1 Å². The molecule has 94 valence electrons. The molecule has 18 heavy (non-hydrogen) atoms. The minimum atomic E-state index is -0.270. The van der Waals surface area contributed by atoms with Crippen LogP contribution in [0, 0.1) is 11.7 Å². The molecule has 0 bridgehead atoms. The monoisotopic (exact) mass is 248 g/mol. The van der Waals surface area contributed by atoms with Crippen molar-refractivity contribution in [3.05, 3.63) is 30.3 Å². The van der Waals surface area contributed by atoms with Crippen LogP contribution in [-0.4, -0.2) is 22.6 Å². The highest BCUT2D eigenvalue weighted by Crippen LogP contribution is 2.39.